The van der Waals surface area contributed by atoms with E-state index in [4.69, 9.17) is 4.74 Å². The van der Waals surface area contributed by atoms with Gasteiger partial charge in [-0.1, -0.05) is 30.3 Å². The molecule has 0 spiro atoms. The van der Waals surface area contributed by atoms with Crippen LogP contribution in [0.3, 0.4) is 0 Å². The molecule has 3 heteroatoms. The number of ketones is 1. The van der Waals surface area contributed by atoms with Gasteiger partial charge in [-0.3, -0.25) is 4.79 Å². The lowest BCUT2D eigenvalue weighted by molar-refractivity contribution is 0.102. The van der Waals surface area contributed by atoms with Gasteiger partial charge in [-0.05, 0) is 42.2 Å². The van der Waals surface area contributed by atoms with Gasteiger partial charge in [0.05, 0.1) is 7.11 Å². The van der Waals surface area contributed by atoms with Crippen molar-refractivity contribution in [1.29, 1.82) is 0 Å². The lowest BCUT2D eigenvalue weighted by Gasteiger charge is -2.17. The molecule has 1 aliphatic rings. The molecular weight excluding hydrogens is 267 g/mol. The van der Waals surface area contributed by atoms with Gasteiger partial charge in [-0.15, -0.1) is 0 Å². The number of halogens is 1. The van der Waals surface area contributed by atoms with E-state index in [2.05, 4.69) is 0 Å². The Morgan fingerprint density at radius 3 is 2.71 bits per heavy atom. The highest BCUT2D eigenvalue weighted by molar-refractivity contribution is 6.13. The summed E-state index contributed by atoms with van der Waals surface area (Å²) in [6.07, 6.45) is 3.29. The van der Waals surface area contributed by atoms with Crippen molar-refractivity contribution in [1.82, 2.24) is 0 Å². The maximum absolute atomic E-state index is 13.7. The second-order valence-electron chi connectivity index (χ2n) is 5.05. The summed E-state index contributed by atoms with van der Waals surface area (Å²) in [4.78, 5) is 12.4. The number of ether oxygens (including phenoxy) is 1. The number of allylic oxidation sites excluding steroid dienone is 1. The first-order chi connectivity index (χ1) is 10.2. The molecule has 0 saturated carbocycles. The second-order valence-corrected chi connectivity index (χ2v) is 5.05. The fourth-order valence-electron chi connectivity index (χ4n) is 2.63. The molecule has 2 nitrogen and oxygen atoms in total. The van der Waals surface area contributed by atoms with E-state index in [1.165, 1.54) is 13.2 Å². The molecule has 3 rings (SSSR count). The SMILES string of the molecule is COc1ccc(C=C2CCc3ccccc3C2=O)cc1F. The molecule has 106 valence electrons. The van der Waals surface area contributed by atoms with Gasteiger partial charge < -0.3 is 4.74 Å². The number of fused-ring (bicyclic) bond motifs is 1. The Kier molecular flexibility index (Phi) is 3.57. The van der Waals surface area contributed by atoms with E-state index in [9.17, 15) is 9.18 Å². The van der Waals surface area contributed by atoms with Crippen molar-refractivity contribution in [3.8, 4) is 5.75 Å². The van der Waals surface area contributed by atoms with E-state index in [0.717, 1.165) is 23.1 Å². The lowest BCUT2D eigenvalue weighted by Crippen LogP contribution is -2.13. The van der Waals surface area contributed by atoms with Crippen molar-refractivity contribution >= 4 is 11.9 Å². The quantitative estimate of drug-likeness (QED) is 0.777. The number of carbonyl (C=O) groups is 1. The molecule has 0 heterocycles. The standard InChI is InChI=1S/C18H15FO2/c1-21-17-9-6-12(11-16(17)19)10-14-8-7-13-4-2-3-5-15(13)18(14)20/h2-6,9-11H,7-8H2,1H3. The zero-order valence-electron chi connectivity index (χ0n) is 11.7. The predicted octanol–water partition coefficient (Wildman–Crippen LogP) is 4.05. The number of methoxy groups -OCH3 is 1. The minimum atomic E-state index is -0.421. The number of hydrogen-bond acceptors (Lipinski definition) is 2. The first-order valence-electron chi connectivity index (χ1n) is 6.86. The summed E-state index contributed by atoms with van der Waals surface area (Å²) >= 11 is 0. The van der Waals surface area contributed by atoms with E-state index in [0.29, 0.717) is 12.0 Å². The van der Waals surface area contributed by atoms with Gasteiger partial charge in [0.25, 0.3) is 0 Å². The van der Waals surface area contributed by atoms with Crippen LogP contribution in [0, 0.1) is 5.82 Å². The van der Waals surface area contributed by atoms with Crippen molar-refractivity contribution in [3.05, 3.63) is 70.5 Å². The molecule has 2 aromatic rings. The third-order valence-electron chi connectivity index (χ3n) is 3.73. The summed E-state index contributed by atoms with van der Waals surface area (Å²) in [5, 5.41) is 0. The minimum Gasteiger partial charge on any atom is -0.494 e. The van der Waals surface area contributed by atoms with Crippen molar-refractivity contribution in [3.63, 3.8) is 0 Å². The summed E-state index contributed by atoms with van der Waals surface area (Å²) in [6, 6.07) is 12.4. The second kappa shape index (κ2) is 5.52. The normalized spacial score (nSPS) is 15.9. The van der Waals surface area contributed by atoms with Crippen LogP contribution in [0.5, 0.6) is 5.75 Å². The van der Waals surface area contributed by atoms with Gasteiger partial charge in [-0.2, -0.15) is 0 Å². The summed E-state index contributed by atoms with van der Waals surface area (Å²) in [6.45, 7) is 0. The Morgan fingerprint density at radius 1 is 1.14 bits per heavy atom. The van der Waals surface area contributed by atoms with E-state index in [1.807, 2.05) is 24.3 Å². The zero-order valence-corrected chi connectivity index (χ0v) is 11.7. The van der Waals surface area contributed by atoms with Gasteiger partial charge in [0.1, 0.15) is 0 Å². The van der Waals surface area contributed by atoms with Crippen LogP contribution < -0.4 is 4.74 Å². The molecule has 21 heavy (non-hydrogen) atoms. The predicted molar refractivity (Wildman–Crippen MR) is 80.0 cm³/mol. The van der Waals surface area contributed by atoms with Crippen LogP contribution >= 0.6 is 0 Å². The highest BCUT2D eigenvalue weighted by Gasteiger charge is 2.21. The van der Waals surface area contributed by atoms with E-state index in [1.54, 1.807) is 18.2 Å². The molecule has 2 aromatic carbocycles. The lowest BCUT2D eigenvalue weighted by atomic mass is 9.86. The monoisotopic (exact) mass is 282 g/mol. The van der Waals surface area contributed by atoms with Gasteiger partial charge >= 0.3 is 0 Å². The molecule has 0 aliphatic heterocycles. The first-order valence-corrected chi connectivity index (χ1v) is 6.86. The summed E-state index contributed by atoms with van der Waals surface area (Å²) < 4.78 is 18.6. The average molecular weight is 282 g/mol. The topological polar surface area (TPSA) is 26.3 Å². The molecule has 0 aromatic heterocycles. The van der Waals surface area contributed by atoms with Gasteiger partial charge in [0, 0.05) is 11.1 Å². The summed E-state index contributed by atoms with van der Waals surface area (Å²) in [5.41, 5.74) is 3.24. The number of hydrogen-bond donors (Lipinski definition) is 0. The van der Waals surface area contributed by atoms with Crippen molar-refractivity contribution < 1.29 is 13.9 Å². The fourth-order valence-corrected chi connectivity index (χ4v) is 2.63. The Hall–Kier alpha value is -2.42. The Bertz CT molecular complexity index is 732. The average Bonchev–Trinajstić information content (AvgIpc) is 2.51. The van der Waals surface area contributed by atoms with Crippen LogP contribution in [0.1, 0.15) is 27.9 Å². The Balaban J connectivity index is 1.95. The highest BCUT2D eigenvalue weighted by atomic mass is 19.1. The molecule has 1 aliphatic carbocycles. The fraction of sp³-hybridized carbons (Fsp3) is 0.167. The van der Waals surface area contributed by atoms with Crippen LogP contribution in [-0.2, 0) is 6.42 Å². The smallest absolute Gasteiger partial charge is 0.189 e. The molecule has 0 radical (unpaired) electrons. The third kappa shape index (κ3) is 2.59. The molecule has 0 fully saturated rings. The van der Waals surface area contributed by atoms with Gasteiger partial charge in [0.15, 0.2) is 17.3 Å². The van der Waals surface area contributed by atoms with E-state index < -0.39 is 5.82 Å². The Labute approximate surface area is 122 Å². The van der Waals surface area contributed by atoms with Crippen LogP contribution in [-0.4, -0.2) is 12.9 Å². The van der Waals surface area contributed by atoms with Crippen LogP contribution in [0.25, 0.3) is 6.08 Å². The van der Waals surface area contributed by atoms with E-state index >= 15 is 0 Å². The van der Waals surface area contributed by atoms with Crippen molar-refractivity contribution in [2.45, 2.75) is 12.8 Å². The molecular formula is C18H15FO2. The maximum Gasteiger partial charge on any atom is 0.189 e. The minimum absolute atomic E-state index is 0.0353. The number of Topliss-reactive ketones (excluding diaryl/α,β-unsaturated/α-hetero) is 1. The summed E-state index contributed by atoms with van der Waals surface area (Å²) in [7, 11) is 1.43. The zero-order chi connectivity index (χ0) is 14.8. The van der Waals surface area contributed by atoms with Crippen molar-refractivity contribution in [2.75, 3.05) is 7.11 Å². The molecule has 0 saturated heterocycles. The van der Waals surface area contributed by atoms with Crippen LogP contribution in [0.2, 0.25) is 0 Å². The molecule has 0 amide bonds. The van der Waals surface area contributed by atoms with Crippen LogP contribution in [0.4, 0.5) is 4.39 Å². The third-order valence-corrected chi connectivity index (χ3v) is 3.73. The molecule has 0 N–H and O–H groups in total. The Morgan fingerprint density at radius 2 is 1.95 bits per heavy atom. The molecule has 0 bridgehead atoms. The van der Waals surface area contributed by atoms with Gasteiger partial charge in [0.2, 0.25) is 0 Å². The van der Waals surface area contributed by atoms with E-state index in [-0.39, 0.29) is 11.5 Å². The number of rotatable bonds is 2. The number of benzene rings is 2. The number of carbonyl (C=O) groups excluding carboxylic acids is 1. The highest BCUT2D eigenvalue weighted by Crippen LogP contribution is 2.27. The largest absolute Gasteiger partial charge is 0.494 e. The number of aryl methyl sites for hydroxylation is 1. The van der Waals surface area contributed by atoms with Crippen LogP contribution in [0.15, 0.2) is 48.0 Å². The molecule has 0 unspecified atom stereocenters. The molecule has 0 atom stereocenters. The van der Waals surface area contributed by atoms with Crippen molar-refractivity contribution in [2.24, 2.45) is 0 Å². The summed E-state index contributed by atoms with van der Waals surface area (Å²) in [5.74, 6) is -0.180. The first kappa shape index (κ1) is 13.6. The van der Waals surface area contributed by atoms with Gasteiger partial charge in [-0.25, -0.2) is 4.39 Å². The maximum atomic E-state index is 13.7.